The molecule has 3 rings (SSSR count). The summed E-state index contributed by atoms with van der Waals surface area (Å²) in [5.74, 6) is 0.402. The topological polar surface area (TPSA) is 84.9 Å². The largest absolute Gasteiger partial charge is 0.495 e. The molecule has 0 saturated carbocycles. The van der Waals surface area contributed by atoms with Crippen LogP contribution < -0.4 is 14.2 Å². The van der Waals surface area contributed by atoms with Crippen LogP contribution >= 0.6 is 0 Å². The van der Waals surface area contributed by atoms with Gasteiger partial charge in [0.15, 0.2) is 0 Å². The predicted molar refractivity (Wildman–Crippen MR) is 133 cm³/mol. The van der Waals surface area contributed by atoms with E-state index in [0.29, 0.717) is 29.5 Å². The Hall–Kier alpha value is -3.73. The molecular formula is C26H27F3N2O5S. The molecule has 7 nitrogen and oxygen atoms in total. The molecule has 0 aliphatic carbocycles. The lowest BCUT2D eigenvalue weighted by atomic mass is 10.1. The molecule has 0 saturated heterocycles. The maximum Gasteiger partial charge on any atom is 0.416 e. The summed E-state index contributed by atoms with van der Waals surface area (Å²) < 4.78 is 74.8. The number of halogens is 3. The summed E-state index contributed by atoms with van der Waals surface area (Å²) in [6.07, 6.45) is -4.05. The van der Waals surface area contributed by atoms with Gasteiger partial charge in [-0.1, -0.05) is 37.3 Å². The first-order valence-electron chi connectivity index (χ1n) is 11.4. The number of rotatable bonds is 9. The SMILES string of the molecule is CC[C@H](C)N(Cc1cccc(OS(=O)(=O)c2cccc(C(F)(F)F)c2)c1)C(=O)Nc1ccccc1OC. The highest BCUT2D eigenvalue weighted by Crippen LogP contribution is 2.31. The number of alkyl halides is 3. The number of anilines is 1. The smallest absolute Gasteiger partial charge is 0.416 e. The first-order valence-corrected chi connectivity index (χ1v) is 12.8. The third kappa shape index (κ3) is 7.16. The fraction of sp³-hybridized carbons (Fsp3) is 0.269. The number of carbonyl (C=O) groups excluding carboxylic acids is 1. The van der Waals surface area contributed by atoms with Gasteiger partial charge in [0.2, 0.25) is 0 Å². The molecule has 3 aromatic carbocycles. The Morgan fingerprint density at radius 3 is 2.41 bits per heavy atom. The zero-order chi connectivity index (χ0) is 27.2. The normalized spacial score (nSPS) is 12.5. The van der Waals surface area contributed by atoms with Gasteiger partial charge in [0.05, 0.1) is 18.4 Å². The number of carbonyl (C=O) groups is 1. The van der Waals surface area contributed by atoms with Crippen LogP contribution in [-0.4, -0.2) is 32.5 Å². The monoisotopic (exact) mass is 536 g/mol. The number of hydrogen-bond acceptors (Lipinski definition) is 5. The van der Waals surface area contributed by atoms with Crippen molar-refractivity contribution in [3.05, 3.63) is 83.9 Å². The summed E-state index contributed by atoms with van der Waals surface area (Å²) in [6.45, 7) is 3.92. The van der Waals surface area contributed by atoms with Gasteiger partial charge in [0, 0.05) is 12.6 Å². The first kappa shape index (κ1) is 27.9. The van der Waals surface area contributed by atoms with E-state index >= 15 is 0 Å². The third-order valence-corrected chi connectivity index (χ3v) is 6.88. The van der Waals surface area contributed by atoms with Crippen LogP contribution in [0.2, 0.25) is 0 Å². The van der Waals surface area contributed by atoms with E-state index < -0.39 is 26.8 Å². The number of methoxy groups -OCH3 is 1. The average Bonchev–Trinajstić information content (AvgIpc) is 2.86. The molecule has 0 heterocycles. The molecule has 198 valence electrons. The molecule has 0 aliphatic heterocycles. The first-order chi connectivity index (χ1) is 17.4. The van der Waals surface area contributed by atoms with E-state index in [-0.39, 0.29) is 24.4 Å². The lowest BCUT2D eigenvalue weighted by molar-refractivity contribution is -0.137. The van der Waals surface area contributed by atoms with Crippen LogP contribution in [0.15, 0.2) is 77.7 Å². The molecule has 11 heteroatoms. The van der Waals surface area contributed by atoms with Gasteiger partial charge in [0.25, 0.3) is 0 Å². The summed E-state index contributed by atoms with van der Waals surface area (Å²) in [6, 6.07) is 15.8. The number of nitrogens with one attached hydrogen (secondary N) is 1. The maximum atomic E-state index is 13.1. The van der Waals surface area contributed by atoms with E-state index in [1.165, 1.54) is 19.2 Å². The summed E-state index contributed by atoms with van der Waals surface area (Å²) in [5, 5.41) is 2.83. The van der Waals surface area contributed by atoms with Crippen molar-refractivity contribution < 1.29 is 35.3 Å². The lowest BCUT2D eigenvalue weighted by Crippen LogP contribution is -2.40. The van der Waals surface area contributed by atoms with Gasteiger partial charge in [0.1, 0.15) is 16.4 Å². The second kappa shape index (κ2) is 11.5. The van der Waals surface area contributed by atoms with E-state index in [9.17, 15) is 26.4 Å². The number of ether oxygens (including phenoxy) is 1. The van der Waals surface area contributed by atoms with E-state index in [2.05, 4.69) is 5.32 Å². The highest BCUT2D eigenvalue weighted by atomic mass is 32.2. The van der Waals surface area contributed by atoms with Crippen molar-refractivity contribution in [1.82, 2.24) is 4.90 Å². The Morgan fingerprint density at radius 1 is 1.03 bits per heavy atom. The van der Waals surface area contributed by atoms with Crippen LogP contribution in [0, 0.1) is 0 Å². The van der Waals surface area contributed by atoms with Crippen molar-refractivity contribution in [3.8, 4) is 11.5 Å². The molecule has 0 bridgehead atoms. The number of para-hydroxylation sites is 2. The van der Waals surface area contributed by atoms with Gasteiger partial charge in [-0.25, -0.2) is 4.79 Å². The molecule has 2 amide bonds. The van der Waals surface area contributed by atoms with Crippen molar-refractivity contribution in [3.63, 3.8) is 0 Å². The minimum atomic E-state index is -4.70. The highest BCUT2D eigenvalue weighted by molar-refractivity contribution is 7.87. The van der Waals surface area contributed by atoms with E-state index in [4.69, 9.17) is 8.92 Å². The quantitative estimate of drug-likeness (QED) is 0.324. The zero-order valence-electron chi connectivity index (χ0n) is 20.5. The Bertz CT molecular complexity index is 1350. The summed E-state index contributed by atoms with van der Waals surface area (Å²) in [4.78, 5) is 14.1. The number of amides is 2. The summed E-state index contributed by atoms with van der Waals surface area (Å²) >= 11 is 0. The molecule has 0 radical (unpaired) electrons. The molecule has 0 spiro atoms. The lowest BCUT2D eigenvalue weighted by Gasteiger charge is -2.29. The summed E-state index contributed by atoms with van der Waals surface area (Å²) in [7, 11) is -3.04. The van der Waals surface area contributed by atoms with Gasteiger partial charge in [-0.3, -0.25) is 0 Å². The average molecular weight is 537 g/mol. The molecule has 0 unspecified atom stereocenters. The highest BCUT2D eigenvalue weighted by Gasteiger charge is 2.32. The van der Waals surface area contributed by atoms with Gasteiger partial charge >= 0.3 is 22.3 Å². The molecular weight excluding hydrogens is 509 g/mol. The number of hydrogen-bond donors (Lipinski definition) is 1. The standard InChI is InChI=1S/C26H27F3N2O5S/c1-4-18(2)31(25(32)30-23-13-5-6-14-24(23)35-3)17-19-9-7-11-21(15-19)36-37(33,34)22-12-8-10-20(16-22)26(27,28)29/h5-16,18H,4,17H2,1-3H3,(H,30,32)/t18-/m0/s1. The van der Waals surface area contributed by atoms with Crippen molar-refractivity contribution in [2.75, 3.05) is 12.4 Å². The van der Waals surface area contributed by atoms with Crippen molar-refractivity contribution in [2.24, 2.45) is 0 Å². The van der Waals surface area contributed by atoms with Crippen molar-refractivity contribution in [1.29, 1.82) is 0 Å². The minimum absolute atomic E-state index is 0.0934. The molecule has 0 aromatic heterocycles. The van der Waals surface area contributed by atoms with E-state index in [0.717, 1.165) is 18.2 Å². The number of benzene rings is 3. The third-order valence-electron chi connectivity index (χ3n) is 5.64. The van der Waals surface area contributed by atoms with E-state index in [1.807, 2.05) is 13.8 Å². The molecule has 1 N–H and O–H groups in total. The second-order valence-electron chi connectivity index (χ2n) is 8.23. The van der Waals surface area contributed by atoms with E-state index in [1.54, 1.807) is 41.3 Å². The van der Waals surface area contributed by atoms with Gasteiger partial charge < -0.3 is 19.1 Å². The maximum absolute atomic E-state index is 13.1. The second-order valence-corrected chi connectivity index (χ2v) is 9.77. The van der Waals surface area contributed by atoms with Crippen LogP contribution in [0.1, 0.15) is 31.4 Å². The fourth-order valence-electron chi connectivity index (χ4n) is 3.48. The Labute approximate surface area is 213 Å². The Kier molecular flexibility index (Phi) is 8.69. The predicted octanol–water partition coefficient (Wildman–Crippen LogP) is 6.31. The van der Waals surface area contributed by atoms with Gasteiger partial charge in [-0.05, 0) is 61.4 Å². The molecule has 0 fully saturated rings. The Morgan fingerprint density at radius 2 is 1.73 bits per heavy atom. The van der Waals surface area contributed by atoms with Crippen LogP contribution in [0.4, 0.5) is 23.7 Å². The number of urea groups is 1. The molecule has 0 aliphatic rings. The van der Waals surface area contributed by atoms with Crippen LogP contribution in [0.3, 0.4) is 0 Å². The van der Waals surface area contributed by atoms with Crippen molar-refractivity contribution >= 4 is 21.8 Å². The summed E-state index contributed by atoms with van der Waals surface area (Å²) in [5.41, 5.74) is -0.0454. The molecule has 37 heavy (non-hydrogen) atoms. The molecule has 3 aromatic rings. The minimum Gasteiger partial charge on any atom is -0.495 e. The zero-order valence-corrected chi connectivity index (χ0v) is 21.3. The fourth-order valence-corrected chi connectivity index (χ4v) is 4.45. The number of nitrogens with zero attached hydrogens (tertiary/aromatic N) is 1. The van der Waals surface area contributed by atoms with Crippen LogP contribution in [0.5, 0.6) is 11.5 Å². The molecule has 1 atom stereocenters. The van der Waals surface area contributed by atoms with Crippen LogP contribution in [-0.2, 0) is 22.8 Å². The van der Waals surface area contributed by atoms with Gasteiger partial charge in [-0.2, -0.15) is 21.6 Å². The van der Waals surface area contributed by atoms with Crippen LogP contribution in [0.25, 0.3) is 0 Å². The van der Waals surface area contributed by atoms with Gasteiger partial charge in [-0.15, -0.1) is 0 Å². The Balaban J connectivity index is 1.81. The van der Waals surface area contributed by atoms with Crippen molar-refractivity contribution in [2.45, 2.75) is 43.9 Å².